The lowest BCUT2D eigenvalue weighted by Crippen LogP contribution is -2.32. The van der Waals surface area contributed by atoms with Gasteiger partial charge in [-0.3, -0.25) is 18.8 Å². The van der Waals surface area contributed by atoms with E-state index in [0.717, 1.165) is 0 Å². The molecular formula is C11H13N5O2. The van der Waals surface area contributed by atoms with Gasteiger partial charge < -0.3 is 5.32 Å². The zero-order chi connectivity index (χ0) is 12.8. The summed E-state index contributed by atoms with van der Waals surface area (Å²) in [5, 5.41) is 6.64. The number of hydrogen-bond acceptors (Lipinski definition) is 4. The third-order valence-electron chi connectivity index (χ3n) is 2.33. The molecule has 94 valence electrons. The second kappa shape index (κ2) is 5.76. The summed E-state index contributed by atoms with van der Waals surface area (Å²) in [4.78, 5) is 26.7. The smallest absolute Gasteiger partial charge is 0.253 e. The molecule has 0 saturated heterocycles. The average Bonchev–Trinajstić information content (AvgIpc) is 2.84. The van der Waals surface area contributed by atoms with Crippen molar-refractivity contribution in [1.82, 2.24) is 24.6 Å². The van der Waals surface area contributed by atoms with Gasteiger partial charge in [0, 0.05) is 37.7 Å². The summed E-state index contributed by atoms with van der Waals surface area (Å²) < 4.78 is 2.97. The Bertz CT molecular complexity index is 561. The van der Waals surface area contributed by atoms with Crippen molar-refractivity contribution in [1.29, 1.82) is 0 Å². The van der Waals surface area contributed by atoms with Crippen LogP contribution in [0.3, 0.4) is 0 Å². The molecule has 0 fully saturated rings. The lowest BCUT2D eigenvalue weighted by atomic mass is 10.5. The number of amides is 1. The van der Waals surface area contributed by atoms with Gasteiger partial charge in [-0.1, -0.05) is 0 Å². The van der Waals surface area contributed by atoms with E-state index in [1.165, 1.54) is 27.8 Å². The Morgan fingerprint density at radius 3 is 3.00 bits per heavy atom. The third kappa shape index (κ3) is 3.27. The van der Waals surface area contributed by atoms with Crippen molar-refractivity contribution < 1.29 is 4.79 Å². The minimum atomic E-state index is -0.143. The molecule has 0 saturated carbocycles. The highest BCUT2D eigenvalue weighted by atomic mass is 16.2. The minimum Gasteiger partial charge on any atom is -0.353 e. The Morgan fingerprint density at radius 2 is 2.28 bits per heavy atom. The fraction of sp³-hybridized carbons (Fsp3) is 0.273. The average molecular weight is 247 g/mol. The molecule has 0 bridgehead atoms. The van der Waals surface area contributed by atoms with Crippen molar-refractivity contribution >= 4 is 5.91 Å². The minimum absolute atomic E-state index is 0.133. The summed E-state index contributed by atoms with van der Waals surface area (Å²) in [6, 6.07) is 3.13. The normalized spacial score (nSPS) is 10.2. The number of nitrogens with one attached hydrogen (secondary N) is 1. The first-order chi connectivity index (χ1) is 8.75. The topological polar surface area (TPSA) is 81.8 Å². The molecule has 2 aromatic rings. The summed E-state index contributed by atoms with van der Waals surface area (Å²) in [6.07, 6.45) is 6.21. The van der Waals surface area contributed by atoms with E-state index in [4.69, 9.17) is 0 Å². The van der Waals surface area contributed by atoms with E-state index in [1.54, 1.807) is 18.5 Å². The van der Waals surface area contributed by atoms with Gasteiger partial charge in [0.25, 0.3) is 5.56 Å². The van der Waals surface area contributed by atoms with Crippen molar-refractivity contribution in [2.75, 3.05) is 6.54 Å². The van der Waals surface area contributed by atoms with Crippen LogP contribution in [-0.4, -0.2) is 31.8 Å². The molecule has 0 spiro atoms. The fourth-order valence-corrected chi connectivity index (χ4v) is 1.46. The van der Waals surface area contributed by atoms with E-state index >= 15 is 0 Å². The van der Waals surface area contributed by atoms with E-state index in [0.29, 0.717) is 13.1 Å². The molecule has 0 radical (unpaired) electrons. The Kier molecular flexibility index (Phi) is 3.85. The van der Waals surface area contributed by atoms with Gasteiger partial charge >= 0.3 is 0 Å². The Hall–Kier alpha value is -2.44. The van der Waals surface area contributed by atoms with Crippen molar-refractivity contribution in [3.63, 3.8) is 0 Å². The van der Waals surface area contributed by atoms with E-state index in [9.17, 15) is 9.59 Å². The number of carbonyl (C=O) groups is 1. The van der Waals surface area contributed by atoms with Crippen LogP contribution in [0.5, 0.6) is 0 Å². The second-order valence-electron chi connectivity index (χ2n) is 3.67. The second-order valence-corrected chi connectivity index (χ2v) is 3.67. The molecule has 2 rings (SSSR count). The van der Waals surface area contributed by atoms with Gasteiger partial charge in [0.2, 0.25) is 5.91 Å². The monoisotopic (exact) mass is 247 g/mol. The van der Waals surface area contributed by atoms with Crippen LogP contribution in [0.25, 0.3) is 0 Å². The Morgan fingerprint density at radius 1 is 1.39 bits per heavy atom. The lowest BCUT2D eigenvalue weighted by molar-refractivity contribution is -0.121. The molecule has 0 aromatic carbocycles. The van der Waals surface area contributed by atoms with Crippen LogP contribution in [0.15, 0.2) is 41.8 Å². The molecule has 0 unspecified atom stereocenters. The first kappa shape index (κ1) is 12.0. The fourth-order valence-electron chi connectivity index (χ4n) is 1.46. The van der Waals surface area contributed by atoms with Crippen LogP contribution in [0, 0.1) is 0 Å². The van der Waals surface area contributed by atoms with Gasteiger partial charge in [0.1, 0.15) is 6.54 Å². The highest BCUT2D eigenvalue weighted by molar-refractivity contribution is 5.75. The summed E-state index contributed by atoms with van der Waals surface area (Å²) in [7, 11) is 0. The zero-order valence-electron chi connectivity index (χ0n) is 9.69. The molecule has 18 heavy (non-hydrogen) atoms. The molecule has 7 heteroatoms. The largest absolute Gasteiger partial charge is 0.353 e. The summed E-state index contributed by atoms with van der Waals surface area (Å²) in [5.74, 6) is -0.143. The highest BCUT2D eigenvalue weighted by Gasteiger charge is 2.02. The maximum absolute atomic E-state index is 11.5. The van der Waals surface area contributed by atoms with Gasteiger partial charge in [0.05, 0.1) is 6.33 Å². The van der Waals surface area contributed by atoms with Crippen LogP contribution in [-0.2, 0) is 17.9 Å². The van der Waals surface area contributed by atoms with Crippen molar-refractivity contribution in [2.45, 2.75) is 13.1 Å². The van der Waals surface area contributed by atoms with Gasteiger partial charge in [-0.25, -0.2) is 4.98 Å². The zero-order valence-corrected chi connectivity index (χ0v) is 9.69. The summed E-state index contributed by atoms with van der Waals surface area (Å²) >= 11 is 0. The molecular weight excluding hydrogens is 234 g/mol. The molecule has 0 aliphatic rings. The standard InChI is InChI=1S/C11H13N5O2/c17-10(8-16-6-1-3-14-16)13-5-7-15-9-12-4-2-11(15)18/h1-4,6,9H,5,7-8H2,(H,13,17). The lowest BCUT2D eigenvalue weighted by Gasteiger charge is -2.06. The van der Waals surface area contributed by atoms with Gasteiger partial charge in [-0.2, -0.15) is 5.10 Å². The van der Waals surface area contributed by atoms with Crippen LogP contribution in [0.2, 0.25) is 0 Å². The maximum Gasteiger partial charge on any atom is 0.253 e. The van der Waals surface area contributed by atoms with E-state index in [-0.39, 0.29) is 18.0 Å². The summed E-state index contributed by atoms with van der Waals surface area (Å²) in [5.41, 5.74) is -0.133. The molecule has 7 nitrogen and oxygen atoms in total. The first-order valence-electron chi connectivity index (χ1n) is 5.50. The first-order valence-corrected chi connectivity index (χ1v) is 5.50. The van der Waals surface area contributed by atoms with Crippen molar-refractivity contribution in [3.8, 4) is 0 Å². The maximum atomic E-state index is 11.5. The van der Waals surface area contributed by atoms with E-state index < -0.39 is 0 Å². The molecule has 0 aliphatic heterocycles. The van der Waals surface area contributed by atoms with Gasteiger partial charge in [-0.15, -0.1) is 0 Å². The van der Waals surface area contributed by atoms with E-state index in [1.807, 2.05) is 0 Å². The van der Waals surface area contributed by atoms with E-state index in [2.05, 4.69) is 15.4 Å². The quantitative estimate of drug-likeness (QED) is 0.754. The number of carbonyl (C=O) groups excluding carboxylic acids is 1. The molecule has 0 aliphatic carbocycles. The third-order valence-corrected chi connectivity index (χ3v) is 2.33. The van der Waals surface area contributed by atoms with Gasteiger partial charge in [0.15, 0.2) is 0 Å². The Labute approximate surface area is 103 Å². The predicted molar refractivity (Wildman–Crippen MR) is 63.7 cm³/mol. The van der Waals surface area contributed by atoms with Crippen LogP contribution < -0.4 is 10.9 Å². The predicted octanol–water partition coefficient (Wildman–Crippen LogP) is -0.744. The number of aromatic nitrogens is 4. The molecule has 1 amide bonds. The van der Waals surface area contributed by atoms with Crippen LogP contribution in [0.1, 0.15) is 0 Å². The van der Waals surface area contributed by atoms with Gasteiger partial charge in [-0.05, 0) is 6.07 Å². The molecule has 2 aromatic heterocycles. The Balaban J connectivity index is 1.77. The highest BCUT2D eigenvalue weighted by Crippen LogP contribution is 1.84. The number of hydrogen-bond donors (Lipinski definition) is 1. The van der Waals surface area contributed by atoms with Crippen LogP contribution >= 0.6 is 0 Å². The number of rotatable bonds is 5. The van der Waals surface area contributed by atoms with Crippen LogP contribution in [0.4, 0.5) is 0 Å². The molecule has 2 heterocycles. The number of nitrogens with zero attached hydrogens (tertiary/aromatic N) is 4. The summed E-state index contributed by atoms with van der Waals surface area (Å²) in [6.45, 7) is 0.957. The molecule has 0 atom stereocenters. The van der Waals surface area contributed by atoms with Crippen molar-refractivity contribution in [3.05, 3.63) is 47.4 Å². The molecule has 1 N–H and O–H groups in total. The van der Waals surface area contributed by atoms with Crippen molar-refractivity contribution in [2.24, 2.45) is 0 Å². The SMILES string of the molecule is O=C(Cn1cccn1)NCCn1cnccc1=O.